The van der Waals surface area contributed by atoms with E-state index < -0.39 is 0 Å². The van der Waals surface area contributed by atoms with Crippen molar-refractivity contribution >= 4 is 22.7 Å². The predicted molar refractivity (Wildman–Crippen MR) is 104 cm³/mol. The van der Waals surface area contributed by atoms with Crippen molar-refractivity contribution in [2.45, 2.75) is 30.0 Å². The molecule has 2 atom stereocenters. The number of pyridine rings is 1. The number of rotatable bonds is 4. The molecule has 4 rings (SSSR count). The molecule has 3 heterocycles. The molecule has 4 heteroatoms. The van der Waals surface area contributed by atoms with Crippen LogP contribution in [-0.2, 0) is 6.54 Å². The molecule has 1 aliphatic rings. The zero-order chi connectivity index (χ0) is 17.2. The molecular weight excluding hydrogens is 326 g/mol. The number of para-hydroxylation sites is 1. The summed E-state index contributed by atoms with van der Waals surface area (Å²) in [4.78, 5) is 4.54. The molecule has 0 amide bonds. The van der Waals surface area contributed by atoms with Gasteiger partial charge in [0.2, 0.25) is 0 Å². The van der Waals surface area contributed by atoms with Gasteiger partial charge in [-0.15, -0.1) is 18.2 Å². The Kier molecular flexibility index (Phi) is 4.52. The van der Waals surface area contributed by atoms with Gasteiger partial charge in [0.1, 0.15) is 5.03 Å². The minimum Gasteiger partial charge on any atom is -0.336 e. The number of benzene rings is 1. The van der Waals surface area contributed by atoms with Crippen molar-refractivity contribution in [2.75, 3.05) is 12.8 Å². The van der Waals surface area contributed by atoms with E-state index in [1.165, 1.54) is 22.0 Å². The minimum atomic E-state index is 0.168. The normalized spacial score (nSPS) is 20.0. The SMILES string of the molecule is C#CCn1cc(C2CC[N]C2c2cccnc2SC)c2ccccc21. The lowest BCUT2D eigenvalue weighted by molar-refractivity contribution is 0.558. The summed E-state index contributed by atoms with van der Waals surface area (Å²) in [6.45, 7) is 1.49. The van der Waals surface area contributed by atoms with E-state index in [0.717, 1.165) is 18.0 Å². The van der Waals surface area contributed by atoms with Crippen LogP contribution in [0.25, 0.3) is 10.9 Å². The van der Waals surface area contributed by atoms with Crippen LogP contribution in [0.3, 0.4) is 0 Å². The van der Waals surface area contributed by atoms with E-state index in [1.54, 1.807) is 11.8 Å². The highest BCUT2D eigenvalue weighted by Gasteiger charge is 2.34. The van der Waals surface area contributed by atoms with Crippen molar-refractivity contribution in [2.24, 2.45) is 0 Å². The van der Waals surface area contributed by atoms with Crippen LogP contribution in [-0.4, -0.2) is 22.4 Å². The number of nitrogens with zero attached hydrogens (tertiary/aromatic N) is 3. The standard InChI is InChI=1S/C21H20N3S/c1-3-13-24-14-18(15-7-4-5-9-19(15)24)16-10-12-22-20(16)17-8-6-11-23-21(17)25-2/h1,4-9,11,14,16,20H,10,12-13H2,2H3. The Morgan fingerprint density at radius 3 is 2.96 bits per heavy atom. The Morgan fingerprint density at radius 1 is 1.24 bits per heavy atom. The predicted octanol–water partition coefficient (Wildman–Crippen LogP) is 4.22. The van der Waals surface area contributed by atoms with Gasteiger partial charge in [-0.3, -0.25) is 0 Å². The van der Waals surface area contributed by atoms with Gasteiger partial charge >= 0.3 is 0 Å². The van der Waals surface area contributed by atoms with Crippen LogP contribution in [0, 0.1) is 12.3 Å². The number of hydrogen-bond acceptors (Lipinski definition) is 2. The molecule has 0 bridgehead atoms. The first-order valence-corrected chi connectivity index (χ1v) is 9.72. The summed E-state index contributed by atoms with van der Waals surface area (Å²) >= 11 is 1.69. The molecule has 1 saturated heterocycles. The summed E-state index contributed by atoms with van der Waals surface area (Å²) in [5.41, 5.74) is 3.80. The van der Waals surface area contributed by atoms with E-state index in [2.05, 4.69) is 58.3 Å². The Balaban J connectivity index is 1.81. The summed E-state index contributed by atoms with van der Waals surface area (Å²) in [7, 11) is 0. The van der Waals surface area contributed by atoms with Crippen LogP contribution in [0.15, 0.2) is 53.8 Å². The molecule has 3 aromatic rings. The molecule has 0 saturated carbocycles. The van der Waals surface area contributed by atoms with Crippen LogP contribution in [0.5, 0.6) is 0 Å². The summed E-state index contributed by atoms with van der Waals surface area (Å²) in [6, 6.07) is 12.9. The molecule has 1 fully saturated rings. The summed E-state index contributed by atoms with van der Waals surface area (Å²) in [6.07, 6.45) is 12.8. The monoisotopic (exact) mass is 346 g/mol. The average molecular weight is 346 g/mol. The van der Waals surface area contributed by atoms with E-state index in [9.17, 15) is 0 Å². The smallest absolute Gasteiger partial charge is 0.101 e. The Labute approximate surface area is 152 Å². The van der Waals surface area contributed by atoms with E-state index in [1.807, 2.05) is 12.3 Å². The fourth-order valence-electron chi connectivity index (χ4n) is 3.88. The first-order chi connectivity index (χ1) is 12.3. The molecule has 125 valence electrons. The topological polar surface area (TPSA) is 31.9 Å². The highest BCUT2D eigenvalue weighted by Crippen LogP contribution is 2.43. The lowest BCUT2D eigenvalue weighted by Crippen LogP contribution is -2.13. The molecule has 0 aliphatic carbocycles. The van der Waals surface area contributed by atoms with Gasteiger partial charge < -0.3 is 4.57 Å². The molecule has 3 nitrogen and oxygen atoms in total. The number of terminal acetylenes is 1. The second kappa shape index (κ2) is 6.95. The van der Waals surface area contributed by atoms with E-state index >= 15 is 0 Å². The van der Waals surface area contributed by atoms with Crippen LogP contribution >= 0.6 is 11.8 Å². The zero-order valence-electron chi connectivity index (χ0n) is 14.2. The van der Waals surface area contributed by atoms with Gasteiger partial charge in [-0.2, -0.15) is 0 Å². The van der Waals surface area contributed by atoms with Gasteiger partial charge in [0.25, 0.3) is 0 Å². The van der Waals surface area contributed by atoms with Crippen LogP contribution in [0.1, 0.15) is 29.5 Å². The Morgan fingerprint density at radius 2 is 2.12 bits per heavy atom. The third-order valence-corrected chi connectivity index (χ3v) is 5.67. The van der Waals surface area contributed by atoms with Gasteiger partial charge in [-0.05, 0) is 30.4 Å². The van der Waals surface area contributed by atoms with E-state index in [-0.39, 0.29) is 6.04 Å². The summed E-state index contributed by atoms with van der Waals surface area (Å²) < 4.78 is 2.18. The molecule has 2 aromatic heterocycles. The first kappa shape index (κ1) is 16.3. The first-order valence-electron chi connectivity index (χ1n) is 8.50. The van der Waals surface area contributed by atoms with Crippen LogP contribution < -0.4 is 5.32 Å². The molecule has 2 unspecified atom stereocenters. The number of thioether (sulfide) groups is 1. The van der Waals surface area contributed by atoms with Gasteiger partial charge in [-0.25, -0.2) is 10.3 Å². The molecule has 1 aromatic carbocycles. The lowest BCUT2D eigenvalue weighted by Gasteiger charge is -2.20. The van der Waals surface area contributed by atoms with Crippen molar-refractivity contribution < 1.29 is 0 Å². The molecule has 0 spiro atoms. The average Bonchev–Trinajstić information content (AvgIpc) is 3.27. The fourth-order valence-corrected chi connectivity index (χ4v) is 4.47. The molecule has 0 N–H and O–H groups in total. The molecule has 25 heavy (non-hydrogen) atoms. The number of hydrogen-bond donors (Lipinski definition) is 0. The highest BCUT2D eigenvalue weighted by molar-refractivity contribution is 7.98. The van der Waals surface area contributed by atoms with Crippen molar-refractivity contribution in [3.63, 3.8) is 0 Å². The van der Waals surface area contributed by atoms with E-state index in [0.29, 0.717) is 12.5 Å². The van der Waals surface area contributed by atoms with E-state index in [4.69, 9.17) is 11.7 Å². The number of aromatic nitrogens is 2. The van der Waals surface area contributed by atoms with Gasteiger partial charge in [0, 0.05) is 41.3 Å². The molecule has 1 aliphatic heterocycles. The van der Waals surface area contributed by atoms with Gasteiger partial charge in [-0.1, -0.05) is 30.2 Å². The van der Waals surface area contributed by atoms with Crippen molar-refractivity contribution in [3.05, 3.63) is 59.9 Å². The lowest BCUT2D eigenvalue weighted by atomic mass is 9.88. The summed E-state index contributed by atoms with van der Waals surface area (Å²) in [5, 5.41) is 7.30. The van der Waals surface area contributed by atoms with Crippen LogP contribution in [0.4, 0.5) is 0 Å². The van der Waals surface area contributed by atoms with Gasteiger partial charge in [0.15, 0.2) is 0 Å². The van der Waals surface area contributed by atoms with Crippen molar-refractivity contribution in [1.82, 2.24) is 14.9 Å². The Bertz CT molecular complexity index is 938. The fraction of sp³-hybridized carbons (Fsp3) is 0.286. The third kappa shape index (κ3) is 2.84. The summed E-state index contributed by atoms with van der Waals surface area (Å²) in [5.74, 6) is 3.14. The van der Waals surface area contributed by atoms with Crippen molar-refractivity contribution in [1.29, 1.82) is 0 Å². The maximum absolute atomic E-state index is 5.57. The number of fused-ring (bicyclic) bond motifs is 1. The molecular formula is C21H20N3S. The minimum absolute atomic E-state index is 0.168. The second-order valence-electron chi connectivity index (χ2n) is 6.28. The second-order valence-corrected chi connectivity index (χ2v) is 7.08. The van der Waals surface area contributed by atoms with Gasteiger partial charge in [0.05, 0.1) is 12.6 Å². The zero-order valence-corrected chi connectivity index (χ0v) is 15.0. The Hall–Kier alpha value is -2.22. The third-order valence-electron chi connectivity index (χ3n) is 4.94. The van der Waals surface area contributed by atoms with Crippen LogP contribution in [0.2, 0.25) is 0 Å². The quantitative estimate of drug-likeness (QED) is 0.523. The highest BCUT2D eigenvalue weighted by atomic mass is 32.2. The maximum Gasteiger partial charge on any atom is 0.101 e. The van der Waals surface area contributed by atoms with Crippen molar-refractivity contribution in [3.8, 4) is 12.3 Å². The maximum atomic E-state index is 5.57. The largest absolute Gasteiger partial charge is 0.336 e. The molecule has 1 radical (unpaired) electrons.